The first kappa shape index (κ1) is 14.8. The number of carboxylic acids is 1. The van der Waals surface area contributed by atoms with Gasteiger partial charge in [0.15, 0.2) is 0 Å². The van der Waals surface area contributed by atoms with Crippen LogP contribution in [0, 0.1) is 0 Å². The van der Waals surface area contributed by atoms with Crippen molar-refractivity contribution in [2.24, 2.45) is 0 Å². The molecule has 0 radical (unpaired) electrons. The van der Waals surface area contributed by atoms with Gasteiger partial charge in [0, 0.05) is 19.1 Å². The van der Waals surface area contributed by atoms with Crippen LogP contribution in [-0.4, -0.2) is 64.8 Å². The summed E-state index contributed by atoms with van der Waals surface area (Å²) in [6, 6.07) is -0.364. The van der Waals surface area contributed by atoms with Crippen molar-refractivity contribution in [3.63, 3.8) is 0 Å². The fraction of sp³-hybridized carbons (Fsp3) is 0.833. The van der Waals surface area contributed by atoms with E-state index in [4.69, 9.17) is 9.84 Å². The Kier molecular flexibility index (Phi) is 4.95. The lowest BCUT2D eigenvalue weighted by atomic mass is 10.2. The molecule has 0 saturated carbocycles. The number of ether oxygens (including phenoxy) is 1. The van der Waals surface area contributed by atoms with Gasteiger partial charge in [0.2, 0.25) is 0 Å². The summed E-state index contributed by atoms with van der Waals surface area (Å²) in [5, 5.41) is 8.85. The van der Waals surface area contributed by atoms with Gasteiger partial charge in [-0.05, 0) is 27.7 Å². The Hall–Kier alpha value is -1.30. The van der Waals surface area contributed by atoms with Crippen molar-refractivity contribution in [1.82, 2.24) is 9.80 Å². The predicted octanol–water partition coefficient (Wildman–Crippen LogP) is 1.01. The highest BCUT2D eigenvalue weighted by atomic mass is 16.5. The Morgan fingerprint density at radius 2 is 1.83 bits per heavy atom. The van der Waals surface area contributed by atoms with Crippen LogP contribution in [0.15, 0.2) is 0 Å². The first-order valence-corrected chi connectivity index (χ1v) is 6.24. The zero-order valence-electron chi connectivity index (χ0n) is 11.4. The standard InChI is InChI=1S/C12H22N2O4/c1-8(2)14(7-11(15)16)12(17)13-5-9(3)18-10(4)6-13/h8-10H,5-7H2,1-4H3,(H,15,16). The average molecular weight is 258 g/mol. The van der Waals surface area contributed by atoms with E-state index in [1.807, 2.05) is 27.7 Å². The summed E-state index contributed by atoms with van der Waals surface area (Å²) in [7, 11) is 0. The number of carboxylic acid groups (broad SMARTS) is 1. The average Bonchev–Trinajstić information content (AvgIpc) is 2.23. The van der Waals surface area contributed by atoms with E-state index in [2.05, 4.69) is 0 Å². The highest BCUT2D eigenvalue weighted by molar-refractivity contribution is 5.80. The van der Waals surface area contributed by atoms with Crippen LogP contribution in [0.3, 0.4) is 0 Å². The summed E-state index contributed by atoms with van der Waals surface area (Å²) < 4.78 is 5.56. The summed E-state index contributed by atoms with van der Waals surface area (Å²) in [4.78, 5) is 26.1. The lowest BCUT2D eigenvalue weighted by molar-refractivity contribution is -0.138. The molecule has 6 heteroatoms. The Bertz CT molecular complexity index is 309. The minimum Gasteiger partial charge on any atom is -0.480 e. The molecule has 0 aromatic heterocycles. The molecule has 0 aromatic carbocycles. The number of nitrogens with zero attached hydrogens (tertiary/aromatic N) is 2. The third-order valence-electron chi connectivity index (χ3n) is 2.86. The molecular weight excluding hydrogens is 236 g/mol. The molecule has 0 aliphatic carbocycles. The second kappa shape index (κ2) is 6.04. The van der Waals surface area contributed by atoms with Crippen molar-refractivity contribution in [3.8, 4) is 0 Å². The molecule has 6 nitrogen and oxygen atoms in total. The number of rotatable bonds is 3. The molecule has 2 atom stereocenters. The Morgan fingerprint density at radius 1 is 1.33 bits per heavy atom. The van der Waals surface area contributed by atoms with E-state index < -0.39 is 5.97 Å². The summed E-state index contributed by atoms with van der Waals surface area (Å²) in [6.45, 7) is 8.19. The highest BCUT2D eigenvalue weighted by Crippen LogP contribution is 2.14. The maximum Gasteiger partial charge on any atom is 0.323 e. The lowest BCUT2D eigenvalue weighted by Crippen LogP contribution is -2.55. The molecular formula is C12H22N2O4. The van der Waals surface area contributed by atoms with E-state index in [9.17, 15) is 9.59 Å². The number of amides is 2. The van der Waals surface area contributed by atoms with E-state index in [1.165, 1.54) is 4.90 Å². The number of morpholine rings is 1. The summed E-state index contributed by atoms with van der Waals surface area (Å²) in [6.07, 6.45) is -0.0342. The molecule has 0 aromatic rings. The molecule has 104 valence electrons. The van der Waals surface area contributed by atoms with Crippen LogP contribution < -0.4 is 0 Å². The van der Waals surface area contributed by atoms with Gasteiger partial charge in [-0.3, -0.25) is 4.79 Å². The molecule has 2 unspecified atom stereocenters. The molecule has 0 bridgehead atoms. The fourth-order valence-corrected chi connectivity index (χ4v) is 2.13. The number of urea groups is 1. The molecule has 1 N–H and O–H groups in total. The molecule has 1 aliphatic heterocycles. The van der Waals surface area contributed by atoms with Crippen LogP contribution in [0.2, 0.25) is 0 Å². The van der Waals surface area contributed by atoms with E-state index in [0.29, 0.717) is 13.1 Å². The zero-order chi connectivity index (χ0) is 13.9. The molecule has 1 aliphatic rings. The van der Waals surface area contributed by atoms with Gasteiger partial charge in [0.25, 0.3) is 0 Å². The van der Waals surface area contributed by atoms with Crippen LogP contribution >= 0.6 is 0 Å². The van der Waals surface area contributed by atoms with Crippen LogP contribution in [0.5, 0.6) is 0 Å². The summed E-state index contributed by atoms with van der Waals surface area (Å²) in [5.74, 6) is -0.994. The quantitative estimate of drug-likeness (QED) is 0.820. The maximum absolute atomic E-state index is 12.3. The molecule has 1 heterocycles. The first-order valence-electron chi connectivity index (χ1n) is 6.24. The first-order chi connectivity index (χ1) is 8.31. The number of aliphatic carboxylic acids is 1. The van der Waals surface area contributed by atoms with Crippen molar-refractivity contribution in [2.45, 2.75) is 45.9 Å². The second-order valence-corrected chi connectivity index (χ2v) is 5.06. The van der Waals surface area contributed by atoms with Crippen LogP contribution in [0.4, 0.5) is 4.79 Å². The topological polar surface area (TPSA) is 70.1 Å². The van der Waals surface area contributed by atoms with Crippen LogP contribution in [-0.2, 0) is 9.53 Å². The number of carbonyl (C=O) groups excluding carboxylic acids is 1. The van der Waals surface area contributed by atoms with Gasteiger partial charge < -0.3 is 19.6 Å². The summed E-state index contributed by atoms with van der Waals surface area (Å²) in [5.41, 5.74) is 0. The van der Waals surface area contributed by atoms with Gasteiger partial charge in [-0.15, -0.1) is 0 Å². The monoisotopic (exact) mass is 258 g/mol. The van der Waals surface area contributed by atoms with Gasteiger partial charge in [-0.2, -0.15) is 0 Å². The lowest BCUT2D eigenvalue weighted by Gasteiger charge is -2.39. The summed E-state index contributed by atoms with van der Waals surface area (Å²) >= 11 is 0. The Labute approximate surface area is 107 Å². The van der Waals surface area contributed by atoms with Crippen molar-refractivity contribution < 1.29 is 19.4 Å². The van der Waals surface area contributed by atoms with Gasteiger partial charge >= 0.3 is 12.0 Å². The third kappa shape index (κ3) is 3.87. The minimum atomic E-state index is -0.994. The molecule has 1 fully saturated rings. The minimum absolute atomic E-state index is 0.0171. The van der Waals surface area contributed by atoms with E-state index in [0.717, 1.165) is 0 Å². The van der Waals surface area contributed by atoms with E-state index in [-0.39, 0.29) is 30.8 Å². The van der Waals surface area contributed by atoms with E-state index >= 15 is 0 Å². The van der Waals surface area contributed by atoms with Crippen molar-refractivity contribution >= 4 is 12.0 Å². The number of hydrogen-bond acceptors (Lipinski definition) is 3. The molecule has 18 heavy (non-hydrogen) atoms. The SMILES string of the molecule is CC1CN(C(=O)N(CC(=O)O)C(C)C)CC(C)O1. The smallest absolute Gasteiger partial charge is 0.323 e. The van der Waals surface area contributed by atoms with Gasteiger partial charge in [-0.25, -0.2) is 4.79 Å². The molecule has 1 saturated heterocycles. The number of hydrogen-bond donors (Lipinski definition) is 1. The normalized spacial score (nSPS) is 24.2. The zero-order valence-corrected chi connectivity index (χ0v) is 11.4. The van der Waals surface area contributed by atoms with Gasteiger partial charge in [-0.1, -0.05) is 0 Å². The molecule has 2 amide bonds. The molecule has 0 spiro atoms. The maximum atomic E-state index is 12.3. The van der Waals surface area contributed by atoms with Crippen molar-refractivity contribution in [1.29, 1.82) is 0 Å². The third-order valence-corrected chi connectivity index (χ3v) is 2.86. The Balaban J connectivity index is 2.72. The van der Waals surface area contributed by atoms with Crippen LogP contribution in [0.25, 0.3) is 0 Å². The highest BCUT2D eigenvalue weighted by Gasteiger charge is 2.30. The molecule has 1 rings (SSSR count). The van der Waals surface area contributed by atoms with Crippen molar-refractivity contribution in [2.75, 3.05) is 19.6 Å². The Morgan fingerprint density at radius 3 is 2.22 bits per heavy atom. The largest absolute Gasteiger partial charge is 0.480 e. The number of carbonyl (C=O) groups is 2. The van der Waals surface area contributed by atoms with Gasteiger partial charge in [0.05, 0.1) is 12.2 Å². The van der Waals surface area contributed by atoms with E-state index in [1.54, 1.807) is 4.90 Å². The van der Waals surface area contributed by atoms with Crippen LogP contribution in [0.1, 0.15) is 27.7 Å². The van der Waals surface area contributed by atoms with Crippen molar-refractivity contribution in [3.05, 3.63) is 0 Å². The fourth-order valence-electron chi connectivity index (χ4n) is 2.13. The van der Waals surface area contributed by atoms with Gasteiger partial charge in [0.1, 0.15) is 6.54 Å². The predicted molar refractivity (Wildman–Crippen MR) is 66.5 cm³/mol. The second-order valence-electron chi connectivity index (χ2n) is 5.06.